The number of rotatable bonds is 4. The number of nitrogens with one attached hydrogen (secondary N) is 1. The van der Waals surface area contributed by atoms with Crippen molar-refractivity contribution in [3.8, 4) is 0 Å². The molecule has 102 valence electrons. The number of carbonyl (C=O) groups is 1. The molecule has 1 saturated carbocycles. The maximum absolute atomic E-state index is 12.9. The zero-order valence-corrected chi connectivity index (χ0v) is 10.6. The van der Waals surface area contributed by atoms with Gasteiger partial charge in [-0.3, -0.25) is 9.78 Å². The second-order valence-corrected chi connectivity index (χ2v) is 4.77. The van der Waals surface area contributed by atoms with Gasteiger partial charge in [-0.1, -0.05) is 6.42 Å². The molecule has 0 spiro atoms. The molecule has 1 aliphatic carbocycles. The summed E-state index contributed by atoms with van der Waals surface area (Å²) in [6.07, 6.45) is 7.90. The molecule has 1 aromatic heterocycles. The third-order valence-electron chi connectivity index (χ3n) is 3.31. The van der Waals surface area contributed by atoms with Crippen molar-refractivity contribution in [1.82, 2.24) is 10.3 Å². The van der Waals surface area contributed by atoms with Gasteiger partial charge in [0.2, 0.25) is 5.91 Å². The molecule has 0 aromatic carbocycles. The van der Waals surface area contributed by atoms with Crippen LogP contribution in [-0.2, 0) is 4.79 Å². The number of hydrogen-bond acceptors (Lipinski definition) is 3. The Kier molecular flexibility index (Phi) is 4.63. The number of halogens is 1. The molecule has 1 fully saturated rings. The minimum Gasteiger partial charge on any atom is -0.393 e. The monoisotopic (exact) mass is 264 g/mol. The van der Waals surface area contributed by atoms with Crippen LogP contribution in [0.1, 0.15) is 24.8 Å². The second-order valence-electron chi connectivity index (χ2n) is 4.77. The van der Waals surface area contributed by atoms with Crippen LogP contribution in [0.4, 0.5) is 4.39 Å². The van der Waals surface area contributed by atoms with Gasteiger partial charge in [-0.05, 0) is 30.5 Å². The lowest BCUT2D eigenvalue weighted by Gasteiger charge is -2.13. The molecule has 5 heteroatoms. The first-order chi connectivity index (χ1) is 9.15. The van der Waals surface area contributed by atoms with Gasteiger partial charge in [0.15, 0.2) is 0 Å². The van der Waals surface area contributed by atoms with Gasteiger partial charge in [0.25, 0.3) is 0 Å². The summed E-state index contributed by atoms with van der Waals surface area (Å²) in [5, 5.41) is 12.4. The minimum absolute atomic E-state index is 0.146. The van der Waals surface area contributed by atoms with Gasteiger partial charge in [0, 0.05) is 24.7 Å². The number of amides is 1. The van der Waals surface area contributed by atoms with Crippen molar-refractivity contribution in [1.29, 1.82) is 0 Å². The van der Waals surface area contributed by atoms with E-state index in [2.05, 4.69) is 10.3 Å². The lowest BCUT2D eigenvalue weighted by molar-refractivity contribution is -0.116. The van der Waals surface area contributed by atoms with Crippen molar-refractivity contribution in [3.05, 3.63) is 35.9 Å². The minimum atomic E-state index is -0.434. The van der Waals surface area contributed by atoms with Crippen LogP contribution in [-0.4, -0.2) is 28.6 Å². The molecule has 4 nitrogen and oxygen atoms in total. The van der Waals surface area contributed by atoms with Crippen LogP contribution in [0.15, 0.2) is 24.5 Å². The van der Waals surface area contributed by atoms with Gasteiger partial charge in [0.05, 0.1) is 12.3 Å². The molecule has 2 N–H and O–H groups in total. The van der Waals surface area contributed by atoms with E-state index in [0.717, 1.165) is 25.5 Å². The smallest absolute Gasteiger partial charge is 0.244 e. The van der Waals surface area contributed by atoms with Gasteiger partial charge >= 0.3 is 0 Å². The summed E-state index contributed by atoms with van der Waals surface area (Å²) in [6, 6.07) is 1.30. The molecule has 0 radical (unpaired) electrons. The Labute approximate surface area is 111 Å². The first kappa shape index (κ1) is 13.7. The van der Waals surface area contributed by atoms with Gasteiger partial charge in [-0.15, -0.1) is 0 Å². The molecule has 0 bridgehead atoms. The van der Waals surface area contributed by atoms with E-state index in [4.69, 9.17) is 0 Å². The van der Waals surface area contributed by atoms with E-state index in [9.17, 15) is 14.3 Å². The van der Waals surface area contributed by atoms with E-state index in [0.29, 0.717) is 12.1 Å². The standard InChI is InChI=1S/C14H17FN2O2/c15-12-6-10(7-16-9-12)4-5-14(19)17-8-11-2-1-3-13(11)18/h4-7,9,11,13,18H,1-3,8H2,(H,17,19). The molecule has 2 unspecified atom stereocenters. The highest BCUT2D eigenvalue weighted by molar-refractivity contribution is 5.91. The average Bonchev–Trinajstić information content (AvgIpc) is 2.80. The van der Waals surface area contributed by atoms with Crippen LogP contribution in [0.2, 0.25) is 0 Å². The van der Waals surface area contributed by atoms with Crippen LogP contribution >= 0.6 is 0 Å². The maximum atomic E-state index is 12.9. The number of aliphatic hydroxyl groups excluding tert-OH is 1. The molecular formula is C14H17FN2O2. The highest BCUT2D eigenvalue weighted by Gasteiger charge is 2.24. The van der Waals surface area contributed by atoms with Gasteiger partial charge in [-0.25, -0.2) is 4.39 Å². The molecule has 19 heavy (non-hydrogen) atoms. The van der Waals surface area contributed by atoms with Crippen molar-refractivity contribution in [2.24, 2.45) is 5.92 Å². The molecule has 1 amide bonds. The highest BCUT2D eigenvalue weighted by atomic mass is 19.1. The van der Waals surface area contributed by atoms with Crippen LogP contribution < -0.4 is 5.32 Å². The predicted molar refractivity (Wildman–Crippen MR) is 69.6 cm³/mol. The quantitative estimate of drug-likeness (QED) is 0.810. The zero-order valence-electron chi connectivity index (χ0n) is 10.6. The molecule has 2 atom stereocenters. The second kappa shape index (κ2) is 6.43. The molecule has 0 aliphatic heterocycles. The fourth-order valence-corrected chi connectivity index (χ4v) is 2.24. The Morgan fingerprint density at radius 1 is 1.53 bits per heavy atom. The van der Waals surface area contributed by atoms with E-state index >= 15 is 0 Å². The van der Waals surface area contributed by atoms with Gasteiger partial charge < -0.3 is 10.4 Å². The van der Waals surface area contributed by atoms with Crippen molar-refractivity contribution < 1.29 is 14.3 Å². The third kappa shape index (κ3) is 4.13. The summed E-state index contributed by atoms with van der Waals surface area (Å²) in [7, 11) is 0. The fourth-order valence-electron chi connectivity index (χ4n) is 2.24. The van der Waals surface area contributed by atoms with Crippen molar-refractivity contribution in [3.63, 3.8) is 0 Å². The number of pyridine rings is 1. The summed E-state index contributed by atoms with van der Waals surface area (Å²) >= 11 is 0. The lowest BCUT2D eigenvalue weighted by Crippen LogP contribution is -2.31. The van der Waals surface area contributed by atoms with Crippen LogP contribution in [0, 0.1) is 11.7 Å². The Hall–Kier alpha value is -1.75. The van der Waals surface area contributed by atoms with E-state index in [1.54, 1.807) is 0 Å². The number of aliphatic hydroxyl groups is 1. The number of aromatic nitrogens is 1. The third-order valence-corrected chi connectivity index (χ3v) is 3.31. The average molecular weight is 264 g/mol. The SMILES string of the molecule is O=C(C=Cc1cncc(F)c1)NCC1CCCC1O. The maximum Gasteiger partial charge on any atom is 0.244 e. The van der Waals surface area contributed by atoms with Crippen molar-refractivity contribution in [2.45, 2.75) is 25.4 Å². The van der Waals surface area contributed by atoms with Crippen molar-refractivity contribution >= 4 is 12.0 Å². The summed E-state index contributed by atoms with van der Waals surface area (Å²) in [4.78, 5) is 15.3. The Balaban J connectivity index is 1.81. The van der Waals surface area contributed by atoms with E-state index in [-0.39, 0.29) is 17.9 Å². The van der Waals surface area contributed by atoms with Crippen LogP contribution in [0.25, 0.3) is 6.08 Å². The van der Waals surface area contributed by atoms with E-state index in [1.807, 2.05) is 0 Å². The lowest BCUT2D eigenvalue weighted by atomic mass is 10.1. The summed E-state index contributed by atoms with van der Waals surface area (Å²) in [6.45, 7) is 0.478. The Bertz CT molecular complexity index is 476. The van der Waals surface area contributed by atoms with Crippen LogP contribution in [0.3, 0.4) is 0 Å². The number of carbonyl (C=O) groups excluding carboxylic acids is 1. The summed E-state index contributed by atoms with van der Waals surface area (Å²) in [5.41, 5.74) is 0.538. The topological polar surface area (TPSA) is 62.2 Å². The van der Waals surface area contributed by atoms with Crippen molar-refractivity contribution in [2.75, 3.05) is 6.54 Å². The Morgan fingerprint density at radius 2 is 2.37 bits per heavy atom. The number of nitrogens with zero attached hydrogens (tertiary/aromatic N) is 1. The molecule has 1 aliphatic rings. The Morgan fingerprint density at radius 3 is 3.05 bits per heavy atom. The van der Waals surface area contributed by atoms with E-state index < -0.39 is 5.82 Å². The van der Waals surface area contributed by atoms with Gasteiger partial charge in [-0.2, -0.15) is 0 Å². The van der Waals surface area contributed by atoms with E-state index in [1.165, 1.54) is 24.4 Å². The zero-order chi connectivity index (χ0) is 13.7. The molecule has 0 saturated heterocycles. The molecule has 2 rings (SSSR count). The molecule has 1 heterocycles. The van der Waals surface area contributed by atoms with Gasteiger partial charge in [0.1, 0.15) is 5.82 Å². The number of hydrogen-bond donors (Lipinski definition) is 2. The first-order valence-corrected chi connectivity index (χ1v) is 6.39. The highest BCUT2D eigenvalue weighted by Crippen LogP contribution is 2.24. The van der Waals surface area contributed by atoms with Crippen LogP contribution in [0.5, 0.6) is 0 Å². The first-order valence-electron chi connectivity index (χ1n) is 6.39. The normalized spacial score (nSPS) is 22.8. The fraction of sp³-hybridized carbons (Fsp3) is 0.429. The molecule has 1 aromatic rings. The summed E-state index contributed by atoms with van der Waals surface area (Å²) in [5.74, 6) is -0.534. The summed E-state index contributed by atoms with van der Waals surface area (Å²) < 4.78 is 12.9. The predicted octanol–water partition coefficient (Wildman–Crippen LogP) is 1.51. The largest absolute Gasteiger partial charge is 0.393 e. The molecular weight excluding hydrogens is 247 g/mol.